The van der Waals surface area contributed by atoms with Gasteiger partial charge in [0.1, 0.15) is 11.7 Å². The van der Waals surface area contributed by atoms with Gasteiger partial charge in [0.25, 0.3) is 5.91 Å². The first-order chi connectivity index (χ1) is 19.3. The number of rotatable bonds is 9. The van der Waals surface area contributed by atoms with Crippen molar-refractivity contribution >= 4 is 40.2 Å². The molecule has 1 aliphatic heterocycles. The monoisotopic (exact) mass is 691 g/mol. The average Bonchev–Trinajstić information content (AvgIpc) is 3.53. The summed E-state index contributed by atoms with van der Waals surface area (Å²) in [5, 5.41) is 5.37. The molecule has 1 saturated heterocycles. The number of hydrogen-bond acceptors (Lipinski definition) is 6. The highest BCUT2D eigenvalue weighted by Gasteiger charge is 2.54. The number of nitrogens with one attached hydrogen (secondary N) is 2. The van der Waals surface area contributed by atoms with Crippen LogP contribution in [0.25, 0.3) is 0 Å². The van der Waals surface area contributed by atoms with Crippen LogP contribution in [-0.4, -0.2) is 73.8 Å². The number of amides is 2. The Balaban J connectivity index is 1.67. The Morgan fingerprint density at radius 2 is 1.76 bits per heavy atom. The molecule has 12 heteroatoms. The summed E-state index contributed by atoms with van der Waals surface area (Å²) < 4.78 is 45.2. The van der Waals surface area contributed by atoms with Gasteiger partial charge < -0.3 is 10.2 Å². The van der Waals surface area contributed by atoms with Crippen molar-refractivity contribution in [1.29, 1.82) is 0 Å². The summed E-state index contributed by atoms with van der Waals surface area (Å²) in [6.07, 6.45) is 5.46. The van der Waals surface area contributed by atoms with Crippen LogP contribution < -0.4 is 10.6 Å². The van der Waals surface area contributed by atoms with Gasteiger partial charge >= 0.3 is 6.18 Å². The average molecular weight is 692 g/mol. The van der Waals surface area contributed by atoms with E-state index in [2.05, 4.69) is 20.6 Å². The Morgan fingerprint density at radius 1 is 1.05 bits per heavy atom. The molecule has 0 aromatic carbocycles. The minimum absolute atomic E-state index is 0.0512. The van der Waals surface area contributed by atoms with Crippen LogP contribution in [0, 0.1) is 23.2 Å². The van der Waals surface area contributed by atoms with Crippen LogP contribution in [0.2, 0.25) is 0 Å². The van der Waals surface area contributed by atoms with Gasteiger partial charge in [0.2, 0.25) is 5.91 Å². The SMILES string of the molecule is CC(C)(C)[C@H](N[C@H]([C@H](NC(=O)c1cnccn1)C1CCCCC1)C(F)(F)F)C(=O)N1C[C@@H]2CCC[C@@H]2[C@H]1C(=O)CI. The lowest BCUT2D eigenvalue weighted by Crippen LogP contribution is -2.66. The maximum absolute atomic E-state index is 15.0. The summed E-state index contributed by atoms with van der Waals surface area (Å²) in [6, 6.07) is -5.32. The number of nitrogens with zero attached hydrogens (tertiary/aromatic N) is 3. The fraction of sp³-hybridized carbons (Fsp3) is 0.759. The predicted molar refractivity (Wildman–Crippen MR) is 156 cm³/mol. The molecule has 8 nitrogen and oxygen atoms in total. The zero-order chi connectivity index (χ0) is 29.9. The topological polar surface area (TPSA) is 104 Å². The second-order valence-corrected chi connectivity index (χ2v) is 13.6. The molecule has 0 radical (unpaired) electrons. The molecule has 228 valence electrons. The van der Waals surface area contributed by atoms with Gasteiger partial charge in [-0.1, -0.05) is 69.0 Å². The Bertz CT molecular complexity index is 1080. The van der Waals surface area contributed by atoms with Gasteiger partial charge in [-0.15, -0.1) is 0 Å². The van der Waals surface area contributed by atoms with Crippen LogP contribution in [0.1, 0.15) is 82.6 Å². The zero-order valence-corrected chi connectivity index (χ0v) is 26.1. The minimum Gasteiger partial charge on any atom is -0.346 e. The normalized spacial score (nSPS) is 25.8. The van der Waals surface area contributed by atoms with E-state index in [4.69, 9.17) is 0 Å². The van der Waals surface area contributed by atoms with E-state index in [0.29, 0.717) is 19.4 Å². The largest absolute Gasteiger partial charge is 0.405 e. The van der Waals surface area contributed by atoms with E-state index in [1.165, 1.54) is 18.6 Å². The van der Waals surface area contributed by atoms with Crippen molar-refractivity contribution in [2.75, 3.05) is 11.0 Å². The fourth-order valence-electron chi connectivity index (χ4n) is 7.07. The summed E-state index contributed by atoms with van der Waals surface area (Å²) >= 11 is 2.00. The van der Waals surface area contributed by atoms with E-state index in [0.717, 1.165) is 38.5 Å². The highest BCUT2D eigenvalue weighted by atomic mass is 127. The third kappa shape index (κ3) is 7.40. The molecular formula is C29H41F3IN5O3. The van der Waals surface area contributed by atoms with E-state index >= 15 is 0 Å². The number of ketones is 1. The molecule has 41 heavy (non-hydrogen) atoms. The number of hydrogen-bond donors (Lipinski definition) is 2. The van der Waals surface area contributed by atoms with Crippen molar-refractivity contribution in [3.05, 3.63) is 24.3 Å². The van der Waals surface area contributed by atoms with E-state index in [1.54, 1.807) is 25.7 Å². The molecule has 2 N–H and O–H groups in total. The van der Waals surface area contributed by atoms with E-state index < -0.39 is 53.5 Å². The summed E-state index contributed by atoms with van der Waals surface area (Å²) in [7, 11) is 0. The first-order valence-corrected chi connectivity index (χ1v) is 16.1. The van der Waals surface area contributed by atoms with Crippen molar-refractivity contribution in [1.82, 2.24) is 25.5 Å². The van der Waals surface area contributed by atoms with Crippen LogP contribution in [-0.2, 0) is 9.59 Å². The van der Waals surface area contributed by atoms with Crippen LogP contribution in [0.15, 0.2) is 18.6 Å². The van der Waals surface area contributed by atoms with E-state index in [-0.39, 0.29) is 27.7 Å². The Kier molecular flexibility index (Phi) is 10.3. The molecule has 1 aromatic rings. The van der Waals surface area contributed by atoms with Crippen molar-refractivity contribution in [3.63, 3.8) is 0 Å². The second kappa shape index (κ2) is 13.2. The van der Waals surface area contributed by atoms with Crippen molar-refractivity contribution in [2.24, 2.45) is 23.2 Å². The van der Waals surface area contributed by atoms with Crippen LogP contribution in [0.5, 0.6) is 0 Å². The lowest BCUT2D eigenvalue weighted by Gasteiger charge is -2.43. The number of Topliss-reactive ketones (excluding diaryl/α,β-unsaturated/α-hetero) is 1. The number of halogens is 4. The van der Waals surface area contributed by atoms with Gasteiger partial charge in [-0.25, -0.2) is 4.98 Å². The summed E-state index contributed by atoms with van der Waals surface area (Å²) in [6.45, 7) is 5.58. The van der Waals surface area contributed by atoms with Crippen LogP contribution in [0.3, 0.4) is 0 Å². The Hall–Kier alpha value is -1.83. The zero-order valence-electron chi connectivity index (χ0n) is 23.9. The van der Waals surface area contributed by atoms with Gasteiger partial charge in [-0.3, -0.25) is 24.7 Å². The van der Waals surface area contributed by atoms with Crippen molar-refractivity contribution in [3.8, 4) is 0 Å². The molecule has 1 aromatic heterocycles. The smallest absolute Gasteiger partial charge is 0.346 e. The fourth-order valence-corrected chi connectivity index (χ4v) is 7.52. The molecule has 0 unspecified atom stereocenters. The Morgan fingerprint density at radius 3 is 2.34 bits per heavy atom. The predicted octanol–water partition coefficient (Wildman–Crippen LogP) is 4.72. The molecule has 3 aliphatic rings. The quantitative estimate of drug-likeness (QED) is 0.287. The standard InChI is InChI=1S/C29H41F3IN5O3/c1-28(2,3)25(27(41)38-16-18-10-7-11-19(18)23(38)21(39)14-33)37-24(29(30,31)32)22(17-8-5-4-6-9-17)36-26(40)20-15-34-12-13-35-20/h12-13,15,17-19,22-25,37H,4-11,14,16H2,1-3H3,(H,36,40)/t18-,19-,22+,23-,24+,25+/m0/s1. The van der Waals surface area contributed by atoms with E-state index in [9.17, 15) is 27.6 Å². The van der Waals surface area contributed by atoms with Crippen molar-refractivity contribution < 1.29 is 27.6 Å². The molecular weight excluding hydrogens is 650 g/mol. The number of alkyl halides is 4. The third-order valence-corrected chi connectivity index (χ3v) is 9.81. The molecule has 0 bridgehead atoms. The lowest BCUT2D eigenvalue weighted by molar-refractivity contribution is -0.172. The van der Waals surface area contributed by atoms with Gasteiger partial charge in [0.05, 0.1) is 28.7 Å². The third-order valence-electron chi connectivity index (χ3n) is 9.06. The molecule has 4 rings (SSSR count). The minimum atomic E-state index is -4.76. The van der Waals surface area contributed by atoms with Gasteiger partial charge in [-0.2, -0.15) is 13.2 Å². The second-order valence-electron chi connectivity index (χ2n) is 12.9. The number of fused-ring (bicyclic) bond motifs is 1. The molecule has 2 saturated carbocycles. The van der Waals surface area contributed by atoms with Crippen molar-refractivity contribution in [2.45, 2.75) is 102 Å². The van der Waals surface area contributed by atoms with E-state index in [1.807, 2.05) is 22.6 Å². The van der Waals surface area contributed by atoms with Crippen LogP contribution in [0.4, 0.5) is 13.2 Å². The molecule has 3 fully saturated rings. The first-order valence-electron chi connectivity index (χ1n) is 14.6. The maximum atomic E-state index is 15.0. The molecule has 6 atom stereocenters. The molecule has 2 heterocycles. The number of likely N-dealkylation sites (tertiary alicyclic amines) is 1. The van der Waals surface area contributed by atoms with Gasteiger partial charge in [0, 0.05) is 18.9 Å². The molecule has 0 spiro atoms. The lowest BCUT2D eigenvalue weighted by atomic mass is 9.79. The number of carbonyl (C=O) groups excluding carboxylic acids is 3. The maximum Gasteiger partial charge on any atom is 0.405 e. The van der Waals surface area contributed by atoms with Gasteiger partial charge in [-0.05, 0) is 48.9 Å². The molecule has 2 amide bonds. The Labute approximate surface area is 253 Å². The van der Waals surface area contributed by atoms with Crippen LogP contribution >= 0.6 is 22.6 Å². The highest BCUT2D eigenvalue weighted by Crippen LogP contribution is 2.44. The van der Waals surface area contributed by atoms with Gasteiger partial charge in [0.15, 0.2) is 5.78 Å². The molecule has 2 aliphatic carbocycles. The highest BCUT2D eigenvalue weighted by molar-refractivity contribution is 14.1. The first kappa shape index (κ1) is 32.1. The summed E-state index contributed by atoms with van der Waals surface area (Å²) in [5.74, 6) is -1.45. The number of carbonyl (C=O) groups is 3. The summed E-state index contributed by atoms with van der Waals surface area (Å²) in [4.78, 5) is 49.7. The summed E-state index contributed by atoms with van der Waals surface area (Å²) in [5.41, 5.74) is -0.969. The number of aromatic nitrogens is 2.